The summed E-state index contributed by atoms with van der Waals surface area (Å²) in [5, 5.41) is 0. The highest BCUT2D eigenvalue weighted by Crippen LogP contribution is 2.13. The van der Waals surface area contributed by atoms with Gasteiger partial charge in [-0.25, -0.2) is 8.78 Å². The Morgan fingerprint density at radius 3 is 2.33 bits per heavy atom. The van der Waals surface area contributed by atoms with E-state index in [1.165, 1.54) is 6.92 Å². The molecule has 1 amide bonds. The standard InChI is InChI=1S/C8H7F2NO/c1-4-2-6(9)7(10)3-5(4)8(11)12/h2-3H,1H3,(H2,11,12). The first kappa shape index (κ1) is 8.64. The van der Waals surface area contributed by atoms with Crippen molar-refractivity contribution >= 4 is 5.91 Å². The molecule has 0 saturated carbocycles. The molecule has 1 aromatic rings. The smallest absolute Gasteiger partial charge is 0.249 e. The van der Waals surface area contributed by atoms with E-state index in [1.807, 2.05) is 0 Å². The predicted molar refractivity (Wildman–Crippen MR) is 39.6 cm³/mol. The molecule has 0 fully saturated rings. The van der Waals surface area contributed by atoms with Crippen LogP contribution in [0.4, 0.5) is 8.78 Å². The predicted octanol–water partition coefficient (Wildman–Crippen LogP) is 1.37. The van der Waals surface area contributed by atoms with Crippen LogP contribution in [0.2, 0.25) is 0 Å². The van der Waals surface area contributed by atoms with E-state index in [0.29, 0.717) is 5.56 Å². The van der Waals surface area contributed by atoms with Gasteiger partial charge in [-0.1, -0.05) is 0 Å². The van der Waals surface area contributed by atoms with Crippen LogP contribution in [0.1, 0.15) is 15.9 Å². The quantitative estimate of drug-likeness (QED) is 0.681. The van der Waals surface area contributed by atoms with Crippen LogP contribution >= 0.6 is 0 Å². The average molecular weight is 171 g/mol. The number of rotatable bonds is 1. The Bertz CT molecular complexity index is 336. The third-order valence-electron chi connectivity index (χ3n) is 1.53. The van der Waals surface area contributed by atoms with Gasteiger partial charge in [0.1, 0.15) is 0 Å². The molecule has 0 bridgehead atoms. The molecule has 0 aliphatic carbocycles. The molecule has 0 aliphatic heterocycles. The van der Waals surface area contributed by atoms with Gasteiger partial charge in [-0.05, 0) is 24.6 Å². The van der Waals surface area contributed by atoms with Crippen molar-refractivity contribution in [2.45, 2.75) is 6.92 Å². The molecule has 1 rings (SSSR count). The molecule has 1 aromatic carbocycles. The van der Waals surface area contributed by atoms with E-state index in [4.69, 9.17) is 5.73 Å². The fraction of sp³-hybridized carbons (Fsp3) is 0.125. The van der Waals surface area contributed by atoms with Gasteiger partial charge in [0, 0.05) is 5.56 Å². The van der Waals surface area contributed by atoms with Crippen molar-refractivity contribution < 1.29 is 13.6 Å². The SMILES string of the molecule is Cc1cc(F)c(F)cc1C(N)=O. The van der Waals surface area contributed by atoms with Crippen molar-refractivity contribution in [2.24, 2.45) is 5.73 Å². The van der Waals surface area contributed by atoms with E-state index in [-0.39, 0.29) is 5.56 Å². The van der Waals surface area contributed by atoms with Crippen molar-refractivity contribution in [3.8, 4) is 0 Å². The number of carbonyl (C=O) groups is 1. The van der Waals surface area contributed by atoms with Crippen LogP contribution in [0, 0.1) is 18.6 Å². The lowest BCUT2D eigenvalue weighted by Crippen LogP contribution is -2.13. The first-order chi connectivity index (χ1) is 5.52. The van der Waals surface area contributed by atoms with Gasteiger partial charge < -0.3 is 5.73 Å². The van der Waals surface area contributed by atoms with Crippen molar-refractivity contribution in [3.05, 3.63) is 34.9 Å². The molecule has 0 spiro atoms. The molecule has 0 saturated heterocycles. The fourth-order valence-electron chi connectivity index (χ4n) is 0.912. The summed E-state index contributed by atoms with van der Waals surface area (Å²) in [4.78, 5) is 10.6. The highest BCUT2D eigenvalue weighted by atomic mass is 19.2. The van der Waals surface area contributed by atoms with Gasteiger partial charge in [-0.2, -0.15) is 0 Å². The van der Waals surface area contributed by atoms with Crippen LogP contribution in [0.15, 0.2) is 12.1 Å². The molecule has 12 heavy (non-hydrogen) atoms. The van der Waals surface area contributed by atoms with Gasteiger partial charge in [0.2, 0.25) is 5.91 Å². The van der Waals surface area contributed by atoms with E-state index in [2.05, 4.69) is 0 Å². The Morgan fingerprint density at radius 2 is 1.83 bits per heavy atom. The zero-order chi connectivity index (χ0) is 9.30. The lowest BCUT2D eigenvalue weighted by Gasteiger charge is -2.01. The van der Waals surface area contributed by atoms with Gasteiger partial charge in [0.15, 0.2) is 11.6 Å². The minimum atomic E-state index is -1.06. The van der Waals surface area contributed by atoms with Crippen LogP contribution in [-0.4, -0.2) is 5.91 Å². The summed E-state index contributed by atoms with van der Waals surface area (Å²) < 4.78 is 25.0. The highest BCUT2D eigenvalue weighted by molar-refractivity contribution is 5.94. The molecular weight excluding hydrogens is 164 g/mol. The Morgan fingerprint density at radius 1 is 1.33 bits per heavy atom. The highest BCUT2D eigenvalue weighted by Gasteiger charge is 2.10. The van der Waals surface area contributed by atoms with Crippen LogP contribution in [0.3, 0.4) is 0 Å². The largest absolute Gasteiger partial charge is 0.366 e. The lowest BCUT2D eigenvalue weighted by atomic mass is 10.1. The van der Waals surface area contributed by atoms with Gasteiger partial charge in [-0.3, -0.25) is 4.79 Å². The van der Waals surface area contributed by atoms with E-state index < -0.39 is 17.5 Å². The molecule has 64 valence electrons. The molecule has 0 radical (unpaired) electrons. The Hall–Kier alpha value is -1.45. The maximum Gasteiger partial charge on any atom is 0.249 e. The molecular formula is C8H7F2NO. The summed E-state index contributed by atoms with van der Waals surface area (Å²) in [6.07, 6.45) is 0. The monoisotopic (exact) mass is 171 g/mol. The fourth-order valence-corrected chi connectivity index (χ4v) is 0.912. The Kier molecular flexibility index (Phi) is 2.08. The third kappa shape index (κ3) is 1.42. The first-order valence-corrected chi connectivity index (χ1v) is 3.28. The second-order valence-corrected chi connectivity index (χ2v) is 2.45. The average Bonchev–Trinajstić information content (AvgIpc) is 1.96. The maximum atomic E-state index is 12.5. The number of hydrogen-bond donors (Lipinski definition) is 1. The summed E-state index contributed by atoms with van der Waals surface area (Å²) in [7, 11) is 0. The number of halogens is 2. The molecule has 2 nitrogen and oxygen atoms in total. The lowest BCUT2D eigenvalue weighted by molar-refractivity contribution is 0.0999. The van der Waals surface area contributed by atoms with Gasteiger partial charge in [0.25, 0.3) is 0 Å². The van der Waals surface area contributed by atoms with Gasteiger partial charge in [0.05, 0.1) is 0 Å². The molecule has 0 aliphatic rings. The Balaban J connectivity index is 3.33. The molecule has 0 heterocycles. The van der Waals surface area contributed by atoms with Crippen molar-refractivity contribution in [1.29, 1.82) is 0 Å². The number of primary amides is 1. The zero-order valence-electron chi connectivity index (χ0n) is 6.40. The molecule has 0 atom stereocenters. The zero-order valence-corrected chi connectivity index (χ0v) is 6.40. The summed E-state index contributed by atoms with van der Waals surface area (Å²) in [6, 6.07) is 1.74. The second-order valence-electron chi connectivity index (χ2n) is 2.45. The van der Waals surface area contributed by atoms with Crippen LogP contribution in [0.5, 0.6) is 0 Å². The van der Waals surface area contributed by atoms with Gasteiger partial charge in [-0.15, -0.1) is 0 Å². The van der Waals surface area contributed by atoms with E-state index in [9.17, 15) is 13.6 Å². The third-order valence-corrected chi connectivity index (χ3v) is 1.53. The topological polar surface area (TPSA) is 43.1 Å². The van der Waals surface area contributed by atoms with Crippen molar-refractivity contribution in [1.82, 2.24) is 0 Å². The summed E-state index contributed by atoms with van der Waals surface area (Å²) in [6.45, 7) is 1.49. The maximum absolute atomic E-state index is 12.5. The van der Waals surface area contributed by atoms with Crippen LogP contribution in [-0.2, 0) is 0 Å². The summed E-state index contributed by atoms with van der Waals surface area (Å²) >= 11 is 0. The van der Waals surface area contributed by atoms with Crippen LogP contribution < -0.4 is 5.73 Å². The second kappa shape index (κ2) is 2.89. The minimum Gasteiger partial charge on any atom is -0.366 e. The van der Waals surface area contributed by atoms with Crippen LogP contribution in [0.25, 0.3) is 0 Å². The first-order valence-electron chi connectivity index (χ1n) is 3.28. The molecule has 0 unspecified atom stereocenters. The molecule has 0 aromatic heterocycles. The van der Waals surface area contributed by atoms with Crippen molar-refractivity contribution in [3.63, 3.8) is 0 Å². The van der Waals surface area contributed by atoms with Crippen molar-refractivity contribution in [2.75, 3.05) is 0 Å². The number of amides is 1. The summed E-state index contributed by atoms with van der Waals surface area (Å²) in [5.41, 5.74) is 5.25. The number of benzene rings is 1. The summed E-state index contributed by atoms with van der Waals surface area (Å²) in [5.74, 6) is -2.79. The number of carbonyl (C=O) groups excluding carboxylic acids is 1. The number of nitrogens with two attached hydrogens (primary N) is 1. The number of aryl methyl sites for hydroxylation is 1. The van der Waals surface area contributed by atoms with Gasteiger partial charge >= 0.3 is 0 Å². The van der Waals surface area contributed by atoms with E-state index in [0.717, 1.165) is 12.1 Å². The number of hydrogen-bond acceptors (Lipinski definition) is 1. The Labute approximate surface area is 68.0 Å². The van der Waals surface area contributed by atoms with E-state index in [1.54, 1.807) is 0 Å². The van der Waals surface area contributed by atoms with E-state index >= 15 is 0 Å². The molecule has 4 heteroatoms. The minimum absolute atomic E-state index is 0.00824. The molecule has 2 N–H and O–H groups in total. The normalized spacial score (nSPS) is 9.92.